The van der Waals surface area contributed by atoms with E-state index in [2.05, 4.69) is 11.1 Å². The van der Waals surface area contributed by atoms with Crippen molar-refractivity contribution in [2.75, 3.05) is 6.54 Å². The molecular formula is C18H14N2O2. The summed E-state index contributed by atoms with van der Waals surface area (Å²) < 4.78 is 0. The van der Waals surface area contributed by atoms with Gasteiger partial charge in [0.25, 0.3) is 5.91 Å². The van der Waals surface area contributed by atoms with Crippen molar-refractivity contribution >= 4 is 16.8 Å². The summed E-state index contributed by atoms with van der Waals surface area (Å²) in [7, 11) is 0. The van der Waals surface area contributed by atoms with Gasteiger partial charge in [-0.15, -0.1) is 0 Å². The fraction of sp³-hybridized carbons (Fsp3) is 0.167. The lowest BCUT2D eigenvalue weighted by Gasteiger charge is -2.38. The molecule has 3 aromatic rings. The van der Waals surface area contributed by atoms with Crippen molar-refractivity contribution in [2.24, 2.45) is 0 Å². The van der Waals surface area contributed by atoms with Crippen molar-refractivity contribution < 1.29 is 9.90 Å². The van der Waals surface area contributed by atoms with E-state index in [9.17, 15) is 9.90 Å². The molecule has 0 aliphatic carbocycles. The van der Waals surface area contributed by atoms with Crippen molar-refractivity contribution in [1.82, 2.24) is 9.88 Å². The largest absolute Gasteiger partial charge is 0.362 e. The first kappa shape index (κ1) is 12.0. The van der Waals surface area contributed by atoms with Crippen LogP contribution in [0.4, 0.5) is 0 Å². The van der Waals surface area contributed by atoms with Crippen molar-refractivity contribution in [3.8, 4) is 0 Å². The lowest BCUT2D eigenvalue weighted by molar-refractivity contribution is -0.0588. The summed E-state index contributed by atoms with van der Waals surface area (Å²) in [5, 5.41) is 12.6. The summed E-state index contributed by atoms with van der Waals surface area (Å²) in [5.74, 6) is -0.0950. The number of nitrogens with one attached hydrogen (secondary N) is 1. The third kappa shape index (κ3) is 1.20. The van der Waals surface area contributed by atoms with E-state index in [4.69, 9.17) is 0 Å². The molecule has 0 fully saturated rings. The fourth-order valence-corrected chi connectivity index (χ4v) is 3.93. The van der Waals surface area contributed by atoms with Crippen molar-refractivity contribution in [3.63, 3.8) is 0 Å². The van der Waals surface area contributed by atoms with Crippen LogP contribution in [-0.2, 0) is 12.1 Å². The number of aliphatic hydroxyl groups is 1. The molecule has 0 radical (unpaired) electrons. The molecule has 4 nitrogen and oxygen atoms in total. The Balaban J connectivity index is 1.88. The highest BCUT2D eigenvalue weighted by atomic mass is 16.3. The minimum Gasteiger partial charge on any atom is -0.362 e. The summed E-state index contributed by atoms with van der Waals surface area (Å²) in [6.07, 6.45) is 0.751. The second-order valence-corrected chi connectivity index (χ2v) is 5.95. The lowest BCUT2D eigenvalue weighted by atomic mass is 9.91. The molecule has 2 aliphatic heterocycles. The summed E-state index contributed by atoms with van der Waals surface area (Å²) in [4.78, 5) is 17.5. The van der Waals surface area contributed by atoms with Gasteiger partial charge in [0, 0.05) is 28.6 Å². The first-order valence-corrected chi connectivity index (χ1v) is 7.45. The predicted molar refractivity (Wildman–Crippen MR) is 82.5 cm³/mol. The van der Waals surface area contributed by atoms with Gasteiger partial charge < -0.3 is 15.0 Å². The van der Waals surface area contributed by atoms with E-state index in [0.717, 1.165) is 28.6 Å². The van der Waals surface area contributed by atoms with Crippen LogP contribution in [0.5, 0.6) is 0 Å². The molecule has 0 saturated carbocycles. The molecule has 22 heavy (non-hydrogen) atoms. The molecule has 4 heteroatoms. The van der Waals surface area contributed by atoms with Gasteiger partial charge in [-0.25, -0.2) is 0 Å². The molecule has 0 spiro atoms. The van der Waals surface area contributed by atoms with Gasteiger partial charge in [-0.3, -0.25) is 4.79 Å². The van der Waals surface area contributed by atoms with E-state index in [0.29, 0.717) is 17.7 Å². The number of hydrogen-bond donors (Lipinski definition) is 2. The number of H-pyrrole nitrogens is 1. The van der Waals surface area contributed by atoms with Gasteiger partial charge >= 0.3 is 0 Å². The van der Waals surface area contributed by atoms with E-state index < -0.39 is 5.72 Å². The van der Waals surface area contributed by atoms with Gasteiger partial charge in [0.1, 0.15) is 0 Å². The minimum atomic E-state index is -1.37. The predicted octanol–water partition coefficient (Wildman–Crippen LogP) is 2.37. The number of amides is 1. The first-order valence-electron chi connectivity index (χ1n) is 7.45. The van der Waals surface area contributed by atoms with Gasteiger partial charge in [0.2, 0.25) is 5.72 Å². The number of hydrogen-bond acceptors (Lipinski definition) is 2. The number of nitrogens with zero attached hydrogens (tertiary/aromatic N) is 1. The Bertz CT molecular complexity index is 943. The fourth-order valence-electron chi connectivity index (χ4n) is 3.93. The lowest BCUT2D eigenvalue weighted by Crippen LogP contribution is -2.49. The maximum atomic E-state index is 12.6. The molecule has 1 aromatic heterocycles. The molecule has 1 atom stereocenters. The van der Waals surface area contributed by atoms with Crippen LogP contribution < -0.4 is 0 Å². The summed E-state index contributed by atoms with van der Waals surface area (Å²) in [6.45, 7) is 0.527. The first-order chi connectivity index (χ1) is 10.7. The van der Waals surface area contributed by atoms with Crippen LogP contribution in [0, 0.1) is 0 Å². The smallest absolute Gasteiger partial charge is 0.257 e. The number of rotatable bonds is 0. The quantitative estimate of drug-likeness (QED) is 0.668. The standard InChI is InChI=1S/C18H14N2O2/c21-17-13-6-1-3-7-14(13)18(22)16-12(9-10-20(17)18)11-5-2-4-8-15(11)19-16/h1-8,19,22H,9-10H2. The van der Waals surface area contributed by atoms with Crippen LogP contribution in [0.25, 0.3) is 10.9 Å². The van der Waals surface area contributed by atoms with Crippen LogP contribution in [0.2, 0.25) is 0 Å². The maximum Gasteiger partial charge on any atom is 0.257 e. The molecule has 3 heterocycles. The third-order valence-corrected chi connectivity index (χ3v) is 4.92. The SMILES string of the molecule is O=C1c2ccccc2C2(O)c3[nH]c4ccccc4c3CCN12. The highest BCUT2D eigenvalue weighted by Crippen LogP contribution is 2.47. The van der Waals surface area contributed by atoms with Crippen molar-refractivity contribution in [1.29, 1.82) is 0 Å². The number of para-hydroxylation sites is 1. The van der Waals surface area contributed by atoms with Gasteiger partial charge in [0.05, 0.1) is 5.69 Å². The highest BCUT2D eigenvalue weighted by Gasteiger charge is 2.53. The maximum absolute atomic E-state index is 12.6. The zero-order chi connectivity index (χ0) is 14.9. The van der Waals surface area contributed by atoms with Crippen LogP contribution in [0.1, 0.15) is 27.2 Å². The number of aromatic nitrogens is 1. The second kappa shape index (κ2) is 3.78. The molecule has 108 valence electrons. The monoisotopic (exact) mass is 290 g/mol. The molecule has 5 rings (SSSR count). The molecule has 2 N–H and O–H groups in total. The van der Waals surface area contributed by atoms with Crippen LogP contribution in [-0.4, -0.2) is 27.4 Å². The average molecular weight is 290 g/mol. The highest BCUT2D eigenvalue weighted by molar-refractivity contribution is 6.01. The Kier molecular flexibility index (Phi) is 2.06. The summed E-state index contributed by atoms with van der Waals surface area (Å²) >= 11 is 0. The Morgan fingerprint density at radius 1 is 1.09 bits per heavy atom. The molecule has 0 bridgehead atoms. The Hall–Kier alpha value is -2.59. The number of fused-ring (bicyclic) bond motifs is 7. The second-order valence-electron chi connectivity index (χ2n) is 5.95. The number of carbonyl (C=O) groups is 1. The molecule has 2 aromatic carbocycles. The summed E-state index contributed by atoms with van der Waals surface area (Å²) in [5.41, 5.74) is 2.74. The molecule has 1 unspecified atom stereocenters. The Labute approximate surface area is 127 Å². The molecule has 0 saturated heterocycles. The number of carbonyl (C=O) groups excluding carboxylic acids is 1. The normalized spacial score (nSPS) is 22.6. The zero-order valence-electron chi connectivity index (χ0n) is 11.8. The Morgan fingerprint density at radius 2 is 1.86 bits per heavy atom. The molecular weight excluding hydrogens is 276 g/mol. The van der Waals surface area contributed by atoms with E-state index in [1.54, 1.807) is 11.0 Å². The van der Waals surface area contributed by atoms with Gasteiger partial charge in [-0.2, -0.15) is 0 Å². The van der Waals surface area contributed by atoms with Crippen molar-refractivity contribution in [2.45, 2.75) is 12.1 Å². The average Bonchev–Trinajstić information content (AvgIpc) is 3.04. The third-order valence-electron chi connectivity index (χ3n) is 4.92. The van der Waals surface area contributed by atoms with Crippen LogP contribution in [0.3, 0.4) is 0 Å². The minimum absolute atomic E-state index is 0.0950. The molecule has 2 aliphatic rings. The van der Waals surface area contributed by atoms with E-state index in [1.165, 1.54) is 0 Å². The van der Waals surface area contributed by atoms with E-state index >= 15 is 0 Å². The van der Waals surface area contributed by atoms with Gasteiger partial charge in [-0.1, -0.05) is 36.4 Å². The van der Waals surface area contributed by atoms with Crippen LogP contribution in [0.15, 0.2) is 48.5 Å². The topological polar surface area (TPSA) is 56.3 Å². The van der Waals surface area contributed by atoms with E-state index in [-0.39, 0.29) is 5.91 Å². The van der Waals surface area contributed by atoms with E-state index in [1.807, 2.05) is 36.4 Å². The summed E-state index contributed by atoms with van der Waals surface area (Å²) in [6, 6.07) is 15.4. The Morgan fingerprint density at radius 3 is 2.77 bits per heavy atom. The zero-order valence-corrected chi connectivity index (χ0v) is 11.8. The van der Waals surface area contributed by atoms with Gasteiger partial charge in [0.15, 0.2) is 0 Å². The molecule has 1 amide bonds. The van der Waals surface area contributed by atoms with Crippen LogP contribution >= 0.6 is 0 Å². The number of aromatic amines is 1. The van der Waals surface area contributed by atoms with Gasteiger partial charge in [-0.05, 0) is 24.1 Å². The number of benzene rings is 2. The van der Waals surface area contributed by atoms with Crippen molar-refractivity contribution in [3.05, 3.63) is 70.9 Å².